The molecule has 1 aliphatic heterocycles. The predicted molar refractivity (Wildman–Crippen MR) is 125 cm³/mol. The van der Waals surface area contributed by atoms with Crippen molar-refractivity contribution in [1.82, 2.24) is 5.32 Å². The zero-order valence-corrected chi connectivity index (χ0v) is 18.4. The molecule has 2 N–H and O–H groups in total. The number of benzene rings is 2. The average molecular weight is 458 g/mol. The number of halogens is 1. The lowest BCUT2D eigenvalue weighted by Gasteiger charge is -2.29. The highest BCUT2D eigenvalue weighted by molar-refractivity contribution is 7.98. The van der Waals surface area contributed by atoms with Gasteiger partial charge in [-0.25, -0.2) is 0 Å². The molecular weight excluding hydrogens is 438 g/mol. The minimum absolute atomic E-state index is 0.0219. The van der Waals surface area contributed by atoms with E-state index in [0.717, 1.165) is 16.3 Å². The molecule has 4 rings (SSSR count). The van der Waals surface area contributed by atoms with Crippen LogP contribution in [-0.2, 0) is 10.5 Å². The van der Waals surface area contributed by atoms with Crippen LogP contribution in [0.5, 0.6) is 0 Å². The summed E-state index contributed by atoms with van der Waals surface area (Å²) in [4.78, 5) is 28.7. The maximum absolute atomic E-state index is 12.9. The summed E-state index contributed by atoms with van der Waals surface area (Å²) in [6, 6.07) is 17.1. The van der Waals surface area contributed by atoms with Crippen molar-refractivity contribution in [3.8, 4) is 0 Å². The highest BCUT2D eigenvalue weighted by Gasteiger charge is 2.19. The highest BCUT2D eigenvalue weighted by atomic mass is 35.5. The van der Waals surface area contributed by atoms with Gasteiger partial charge in [0.15, 0.2) is 0 Å². The van der Waals surface area contributed by atoms with E-state index in [4.69, 9.17) is 11.6 Å². The van der Waals surface area contributed by atoms with Crippen molar-refractivity contribution in [2.24, 2.45) is 0 Å². The van der Waals surface area contributed by atoms with E-state index in [9.17, 15) is 9.59 Å². The van der Waals surface area contributed by atoms with Gasteiger partial charge >= 0.3 is 0 Å². The quantitative estimate of drug-likeness (QED) is 0.518. The van der Waals surface area contributed by atoms with Crippen LogP contribution < -0.4 is 15.5 Å². The standard InChI is InChI=1S/C22H20ClN3O2S2/c23-18-12-15(7-8-19(18)26-10-9-24-21(27)13-26)25-22(28)17-5-1-2-6-20(17)30-14-16-4-3-11-29-16/h1-8,11-12H,9-10,13-14H2,(H,24,27)(H,25,28). The largest absolute Gasteiger partial charge is 0.359 e. The van der Waals surface area contributed by atoms with Crippen molar-refractivity contribution in [3.63, 3.8) is 0 Å². The topological polar surface area (TPSA) is 61.4 Å². The Morgan fingerprint density at radius 2 is 2.07 bits per heavy atom. The molecule has 2 heterocycles. The molecule has 3 aromatic rings. The molecule has 1 aromatic heterocycles. The van der Waals surface area contributed by atoms with Gasteiger partial charge in [0.1, 0.15) is 0 Å². The molecule has 2 amide bonds. The number of amides is 2. The molecular formula is C22H20ClN3O2S2. The first-order chi connectivity index (χ1) is 14.6. The van der Waals surface area contributed by atoms with Crippen LogP contribution in [-0.4, -0.2) is 31.4 Å². The van der Waals surface area contributed by atoms with Crippen molar-refractivity contribution < 1.29 is 9.59 Å². The molecule has 1 fully saturated rings. The summed E-state index contributed by atoms with van der Waals surface area (Å²) in [7, 11) is 0. The minimum Gasteiger partial charge on any atom is -0.359 e. The van der Waals surface area contributed by atoms with Crippen LogP contribution >= 0.6 is 34.7 Å². The van der Waals surface area contributed by atoms with E-state index in [-0.39, 0.29) is 18.4 Å². The Morgan fingerprint density at radius 1 is 1.20 bits per heavy atom. The number of piperazine rings is 1. The van der Waals surface area contributed by atoms with Crippen LogP contribution in [0.15, 0.2) is 64.9 Å². The second-order valence-electron chi connectivity index (χ2n) is 6.76. The Labute approximate surface area is 188 Å². The summed E-state index contributed by atoms with van der Waals surface area (Å²) < 4.78 is 0. The maximum Gasteiger partial charge on any atom is 0.256 e. The zero-order valence-electron chi connectivity index (χ0n) is 16.1. The molecule has 0 spiro atoms. The third kappa shape index (κ3) is 4.98. The monoisotopic (exact) mass is 457 g/mol. The van der Waals surface area contributed by atoms with Crippen LogP contribution in [0.25, 0.3) is 0 Å². The molecule has 0 saturated carbocycles. The van der Waals surface area contributed by atoms with Gasteiger partial charge in [-0.05, 0) is 41.8 Å². The van der Waals surface area contributed by atoms with Crippen LogP contribution in [0.4, 0.5) is 11.4 Å². The third-order valence-electron chi connectivity index (χ3n) is 4.67. The van der Waals surface area contributed by atoms with Crippen molar-refractivity contribution in [1.29, 1.82) is 0 Å². The molecule has 0 radical (unpaired) electrons. The molecule has 0 atom stereocenters. The SMILES string of the molecule is O=C1CN(c2ccc(NC(=O)c3ccccc3SCc3cccs3)cc2Cl)CCN1. The van der Waals surface area contributed by atoms with Gasteiger partial charge in [0.05, 0.1) is 22.8 Å². The fraction of sp³-hybridized carbons (Fsp3) is 0.182. The summed E-state index contributed by atoms with van der Waals surface area (Å²) in [6.07, 6.45) is 0. The Kier molecular flexibility index (Phi) is 6.62. The van der Waals surface area contributed by atoms with Crippen molar-refractivity contribution >= 4 is 57.9 Å². The van der Waals surface area contributed by atoms with E-state index in [1.165, 1.54) is 4.88 Å². The number of thiophene rings is 1. The average Bonchev–Trinajstić information content (AvgIpc) is 3.26. The minimum atomic E-state index is -0.176. The summed E-state index contributed by atoms with van der Waals surface area (Å²) in [5.74, 6) is 0.628. The Morgan fingerprint density at radius 3 is 2.83 bits per heavy atom. The second kappa shape index (κ2) is 9.55. The van der Waals surface area contributed by atoms with Crippen LogP contribution in [0.1, 0.15) is 15.2 Å². The van der Waals surface area contributed by atoms with Gasteiger partial charge in [0.25, 0.3) is 5.91 Å². The highest BCUT2D eigenvalue weighted by Crippen LogP contribution is 2.31. The number of thioether (sulfide) groups is 1. The van der Waals surface area contributed by atoms with Crippen molar-refractivity contribution in [2.75, 3.05) is 29.9 Å². The number of rotatable bonds is 6. The van der Waals surface area contributed by atoms with Crippen molar-refractivity contribution in [3.05, 3.63) is 75.4 Å². The Bertz CT molecular complexity index is 1060. The van der Waals surface area contributed by atoms with Gasteiger partial charge < -0.3 is 15.5 Å². The molecule has 1 aliphatic rings. The third-order valence-corrected chi connectivity index (χ3v) is 7.15. The Balaban J connectivity index is 1.46. The van der Waals surface area contributed by atoms with E-state index in [0.29, 0.717) is 29.4 Å². The van der Waals surface area contributed by atoms with E-state index >= 15 is 0 Å². The van der Waals surface area contributed by atoms with Crippen LogP contribution in [0.2, 0.25) is 5.02 Å². The van der Waals surface area contributed by atoms with E-state index < -0.39 is 0 Å². The normalized spacial score (nSPS) is 13.8. The molecule has 1 saturated heterocycles. The fourth-order valence-corrected chi connectivity index (χ4v) is 5.33. The summed E-state index contributed by atoms with van der Waals surface area (Å²) in [5.41, 5.74) is 2.04. The van der Waals surface area contributed by atoms with Gasteiger partial charge in [0.2, 0.25) is 5.91 Å². The van der Waals surface area contributed by atoms with Crippen LogP contribution in [0.3, 0.4) is 0 Å². The second-order valence-corrected chi connectivity index (χ2v) is 9.21. The van der Waals surface area contributed by atoms with E-state index in [1.54, 1.807) is 29.2 Å². The molecule has 5 nitrogen and oxygen atoms in total. The fourth-order valence-electron chi connectivity index (χ4n) is 3.21. The smallest absolute Gasteiger partial charge is 0.256 e. The van der Waals surface area contributed by atoms with Gasteiger partial charge in [0, 0.05) is 34.3 Å². The van der Waals surface area contributed by atoms with Gasteiger partial charge in [-0.15, -0.1) is 23.1 Å². The number of carbonyl (C=O) groups excluding carboxylic acids is 2. The zero-order chi connectivity index (χ0) is 20.9. The van der Waals surface area contributed by atoms with Gasteiger partial charge in [-0.3, -0.25) is 9.59 Å². The van der Waals surface area contributed by atoms with Gasteiger partial charge in [-0.1, -0.05) is 29.8 Å². The Hall–Kier alpha value is -2.48. The molecule has 30 heavy (non-hydrogen) atoms. The van der Waals surface area contributed by atoms with E-state index in [1.807, 2.05) is 47.4 Å². The van der Waals surface area contributed by atoms with Gasteiger partial charge in [-0.2, -0.15) is 0 Å². The van der Waals surface area contributed by atoms with Crippen LogP contribution in [0, 0.1) is 0 Å². The number of nitrogens with zero attached hydrogens (tertiary/aromatic N) is 1. The number of anilines is 2. The summed E-state index contributed by atoms with van der Waals surface area (Å²) in [6.45, 7) is 1.57. The first-order valence-corrected chi connectivity index (χ1v) is 11.7. The first kappa shape index (κ1) is 20.8. The lowest BCUT2D eigenvalue weighted by Crippen LogP contribution is -2.47. The summed E-state index contributed by atoms with van der Waals surface area (Å²) >= 11 is 9.81. The van der Waals surface area contributed by atoms with E-state index in [2.05, 4.69) is 22.1 Å². The molecule has 0 bridgehead atoms. The van der Waals surface area contributed by atoms with Crippen molar-refractivity contribution in [2.45, 2.75) is 10.6 Å². The lowest BCUT2D eigenvalue weighted by atomic mass is 10.2. The molecule has 8 heteroatoms. The number of hydrogen-bond acceptors (Lipinski definition) is 5. The predicted octanol–water partition coefficient (Wildman–Crippen LogP) is 4.88. The number of hydrogen-bond donors (Lipinski definition) is 2. The maximum atomic E-state index is 12.9. The molecule has 0 unspecified atom stereocenters. The molecule has 0 aliphatic carbocycles. The first-order valence-electron chi connectivity index (χ1n) is 9.47. The number of nitrogens with one attached hydrogen (secondary N) is 2. The molecule has 154 valence electrons. The lowest BCUT2D eigenvalue weighted by molar-refractivity contribution is -0.120. The summed E-state index contributed by atoms with van der Waals surface area (Å²) in [5, 5.41) is 8.30. The molecule has 2 aromatic carbocycles. The number of carbonyl (C=O) groups is 2.